The highest BCUT2D eigenvalue weighted by Crippen LogP contribution is 2.21. The predicted molar refractivity (Wildman–Crippen MR) is 83.9 cm³/mol. The van der Waals surface area contributed by atoms with E-state index in [0.29, 0.717) is 12.1 Å². The predicted octanol–water partition coefficient (Wildman–Crippen LogP) is 3.31. The van der Waals surface area contributed by atoms with Gasteiger partial charge in [0.25, 0.3) is 0 Å². The van der Waals surface area contributed by atoms with E-state index in [1.54, 1.807) is 12.1 Å². The van der Waals surface area contributed by atoms with Gasteiger partial charge in [0, 0.05) is 19.8 Å². The topological polar surface area (TPSA) is 59.7 Å². The van der Waals surface area contributed by atoms with Crippen molar-refractivity contribution in [1.82, 2.24) is 0 Å². The van der Waals surface area contributed by atoms with E-state index in [2.05, 4.69) is 11.4 Å². The lowest BCUT2D eigenvalue weighted by atomic mass is 10.1. The molecule has 0 bridgehead atoms. The van der Waals surface area contributed by atoms with E-state index in [4.69, 9.17) is 5.26 Å². The highest BCUT2D eigenvalue weighted by molar-refractivity contribution is 5.55. The molecule has 0 amide bonds. The number of nitrogens with zero attached hydrogens (tertiary/aromatic N) is 4. The van der Waals surface area contributed by atoms with E-state index in [9.17, 15) is 4.91 Å². The van der Waals surface area contributed by atoms with Crippen LogP contribution in [-0.4, -0.2) is 14.1 Å². The van der Waals surface area contributed by atoms with Crippen LogP contribution in [0.5, 0.6) is 0 Å². The maximum Gasteiger partial charge on any atom is 0.0991 e. The Balaban J connectivity index is 2.15. The maximum absolute atomic E-state index is 11.1. The van der Waals surface area contributed by atoms with Gasteiger partial charge in [-0.05, 0) is 42.0 Å². The van der Waals surface area contributed by atoms with Gasteiger partial charge in [-0.25, -0.2) is 5.01 Å². The fourth-order valence-corrected chi connectivity index (χ4v) is 1.95. The minimum atomic E-state index is 0.372. The third kappa shape index (κ3) is 3.57. The summed E-state index contributed by atoms with van der Waals surface area (Å²) in [6.07, 6.45) is 0. The largest absolute Gasteiger partial charge is 0.378 e. The van der Waals surface area contributed by atoms with Gasteiger partial charge < -0.3 is 4.90 Å². The standard InChI is InChI=1S/C16H16N4O/c1-19(2)15-7-9-16(10-8-15)20(18-21)12-14-5-3-13(11-17)4-6-14/h3-10H,12H2,1-2H3. The molecule has 0 N–H and O–H groups in total. The lowest BCUT2D eigenvalue weighted by Crippen LogP contribution is -2.15. The Hall–Kier alpha value is -2.87. The quantitative estimate of drug-likeness (QED) is 0.622. The molecule has 0 saturated carbocycles. The summed E-state index contributed by atoms with van der Waals surface area (Å²) in [7, 11) is 3.92. The van der Waals surface area contributed by atoms with Gasteiger partial charge in [-0.1, -0.05) is 12.1 Å². The second-order valence-corrected chi connectivity index (χ2v) is 4.86. The van der Waals surface area contributed by atoms with Crippen molar-refractivity contribution in [2.75, 3.05) is 24.0 Å². The fraction of sp³-hybridized carbons (Fsp3) is 0.188. The van der Waals surface area contributed by atoms with Crippen LogP contribution in [0.2, 0.25) is 0 Å². The van der Waals surface area contributed by atoms with Gasteiger partial charge in [0.05, 0.1) is 29.2 Å². The van der Waals surface area contributed by atoms with Crippen molar-refractivity contribution < 1.29 is 0 Å². The van der Waals surface area contributed by atoms with Crippen LogP contribution < -0.4 is 9.91 Å². The molecule has 0 aliphatic heterocycles. The van der Waals surface area contributed by atoms with Crippen LogP contribution in [0.3, 0.4) is 0 Å². The number of anilines is 2. The summed E-state index contributed by atoms with van der Waals surface area (Å²) < 4.78 is 0. The van der Waals surface area contributed by atoms with Crippen molar-refractivity contribution in [2.45, 2.75) is 6.54 Å². The van der Waals surface area contributed by atoms with Crippen molar-refractivity contribution in [1.29, 1.82) is 5.26 Å². The Bertz CT molecular complexity index is 641. The summed E-state index contributed by atoms with van der Waals surface area (Å²) in [5.41, 5.74) is 3.31. The third-order valence-electron chi connectivity index (χ3n) is 3.18. The third-order valence-corrected chi connectivity index (χ3v) is 3.18. The molecule has 21 heavy (non-hydrogen) atoms. The van der Waals surface area contributed by atoms with Crippen molar-refractivity contribution in [2.24, 2.45) is 5.29 Å². The highest BCUT2D eigenvalue weighted by atomic mass is 16.3. The van der Waals surface area contributed by atoms with Gasteiger partial charge in [-0.3, -0.25) is 0 Å². The molecule has 5 heteroatoms. The number of nitriles is 1. The van der Waals surface area contributed by atoms with Crippen molar-refractivity contribution >= 4 is 11.4 Å². The van der Waals surface area contributed by atoms with E-state index in [1.807, 2.05) is 55.4 Å². The Morgan fingerprint density at radius 3 is 2.05 bits per heavy atom. The number of hydrogen-bond acceptors (Lipinski definition) is 4. The molecule has 0 fully saturated rings. The van der Waals surface area contributed by atoms with E-state index in [1.165, 1.54) is 5.01 Å². The van der Waals surface area contributed by atoms with Crippen LogP contribution in [0.15, 0.2) is 53.8 Å². The van der Waals surface area contributed by atoms with E-state index >= 15 is 0 Å². The molecule has 106 valence electrons. The molecule has 0 aliphatic rings. The monoisotopic (exact) mass is 280 g/mol. The SMILES string of the molecule is CN(C)c1ccc(N(Cc2ccc(C#N)cc2)N=O)cc1. The van der Waals surface area contributed by atoms with Gasteiger partial charge in [0.2, 0.25) is 0 Å². The summed E-state index contributed by atoms with van der Waals surface area (Å²) in [5.74, 6) is 0. The number of benzene rings is 2. The van der Waals surface area contributed by atoms with Crippen molar-refractivity contribution in [3.63, 3.8) is 0 Å². The molecule has 2 rings (SSSR count). The first-order chi connectivity index (χ1) is 10.1. The maximum atomic E-state index is 11.1. The van der Waals surface area contributed by atoms with Crippen LogP contribution in [-0.2, 0) is 6.54 Å². The minimum absolute atomic E-state index is 0.372. The summed E-state index contributed by atoms with van der Waals surface area (Å²) in [5, 5.41) is 13.2. The average molecular weight is 280 g/mol. The zero-order valence-electron chi connectivity index (χ0n) is 12.0. The lowest BCUT2D eigenvalue weighted by molar-refractivity contribution is 0.847. The first-order valence-electron chi connectivity index (χ1n) is 6.51. The molecule has 0 heterocycles. The molecule has 0 unspecified atom stereocenters. The molecule has 0 spiro atoms. The Kier molecular flexibility index (Phi) is 4.52. The Morgan fingerprint density at radius 1 is 1.00 bits per heavy atom. The highest BCUT2D eigenvalue weighted by Gasteiger charge is 2.08. The molecule has 5 nitrogen and oxygen atoms in total. The van der Waals surface area contributed by atoms with Crippen molar-refractivity contribution in [3.05, 3.63) is 64.6 Å². The van der Waals surface area contributed by atoms with Crippen LogP contribution in [0.25, 0.3) is 0 Å². The molecule has 0 aliphatic carbocycles. The average Bonchev–Trinajstić information content (AvgIpc) is 2.53. The van der Waals surface area contributed by atoms with Crippen LogP contribution >= 0.6 is 0 Å². The number of rotatable bonds is 5. The second kappa shape index (κ2) is 6.53. The summed E-state index contributed by atoms with van der Waals surface area (Å²) in [6, 6.07) is 16.8. The first-order valence-corrected chi connectivity index (χ1v) is 6.51. The molecular formula is C16H16N4O. The van der Waals surface area contributed by atoms with E-state index in [-0.39, 0.29) is 0 Å². The van der Waals surface area contributed by atoms with Gasteiger partial charge in [0.1, 0.15) is 0 Å². The Morgan fingerprint density at radius 2 is 1.57 bits per heavy atom. The second-order valence-electron chi connectivity index (χ2n) is 4.86. The molecule has 2 aromatic carbocycles. The van der Waals surface area contributed by atoms with Gasteiger partial charge in [-0.2, -0.15) is 5.26 Å². The van der Waals surface area contributed by atoms with E-state index < -0.39 is 0 Å². The molecule has 2 aromatic rings. The van der Waals surface area contributed by atoms with Gasteiger partial charge in [-0.15, -0.1) is 4.91 Å². The minimum Gasteiger partial charge on any atom is -0.378 e. The fourth-order valence-electron chi connectivity index (χ4n) is 1.95. The zero-order valence-corrected chi connectivity index (χ0v) is 12.0. The molecule has 0 aromatic heterocycles. The Labute approximate surface area is 124 Å². The lowest BCUT2D eigenvalue weighted by Gasteiger charge is -2.17. The number of hydrogen-bond donors (Lipinski definition) is 0. The first kappa shape index (κ1) is 14.5. The van der Waals surface area contributed by atoms with Crippen molar-refractivity contribution in [3.8, 4) is 6.07 Å². The van der Waals surface area contributed by atoms with Crippen LogP contribution in [0, 0.1) is 16.2 Å². The zero-order chi connectivity index (χ0) is 15.2. The summed E-state index contributed by atoms with van der Waals surface area (Å²) in [4.78, 5) is 13.1. The van der Waals surface area contributed by atoms with Gasteiger partial charge >= 0.3 is 0 Å². The summed E-state index contributed by atoms with van der Waals surface area (Å²) >= 11 is 0. The number of nitroso groups, excluding NO2 is 1. The van der Waals surface area contributed by atoms with Gasteiger partial charge in [0.15, 0.2) is 0 Å². The normalized spacial score (nSPS) is 9.76. The molecule has 0 radical (unpaired) electrons. The molecule has 0 atom stereocenters. The smallest absolute Gasteiger partial charge is 0.0991 e. The summed E-state index contributed by atoms with van der Waals surface area (Å²) in [6.45, 7) is 0.372. The van der Waals surface area contributed by atoms with E-state index in [0.717, 1.165) is 16.9 Å². The van der Waals surface area contributed by atoms with Crippen LogP contribution in [0.4, 0.5) is 11.4 Å². The molecular weight excluding hydrogens is 264 g/mol. The molecule has 0 saturated heterocycles. The van der Waals surface area contributed by atoms with Crippen LogP contribution in [0.1, 0.15) is 11.1 Å².